The summed E-state index contributed by atoms with van der Waals surface area (Å²) in [4.78, 5) is 10.6. The van der Waals surface area contributed by atoms with Crippen molar-refractivity contribution < 1.29 is 14.3 Å². The third-order valence-corrected chi connectivity index (χ3v) is 0.947. The molecule has 1 atom stereocenters. The Morgan fingerprint density at radius 3 is 2.80 bits per heavy atom. The lowest BCUT2D eigenvalue weighted by Crippen LogP contribution is -2.39. The summed E-state index contributed by atoms with van der Waals surface area (Å²) in [5.41, 5.74) is 1.95. The van der Waals surface area contributed by atoms with Crippen molar-refractivity contribution in [1.82, 2.24) is 5.43 Å². The van der Waals surface area contributed by atoms with Gasteiger partial charge in [-0.05, 0) is 6.92 Å². The Bertz CT molecular complexity index is 107. The second kappa shape index (κ2) is 5.16. The van der Waals surface area contributed by atoms with Gasteiger partial charge in [0.1, 0.15) is 12.9 Å². The fourth-order valence-electron chi connectivity index (χ4n) is 0.363. The summed E-state index contributed by atoms with van der Waals surface area (Å²) in [6.07, 6.45) is -0.565. The number of hydrazine groups is 1. The molecule has 5 heteroatoms. The molecule has 0 fully saturated rings. The van der Waals surface area contributed by atoms with Gasteiger partial charge in [0.05, 0.1) is 0 Å². The van der Waals surface area contributed by atoms with E-state index in [1.165, 1.54) is 7.11 Å². The first kappa shape index (κ1) is 9.35. The molecule has 10 heavy (non-hydrogen) atoms. The molecule has 0 spiro atoms. The number of hydrogen-bond donors (Lipinski definition) is 2. The molecule has 0 aromatic carbocycles. The van der Waals surface area contributed by atoms with E-state index < -0.39 is 6.10 Å². The standard InChI is InChI=1S/C5H12N2O3/c1-4(5(8)7-6)10-3-9-2/h4H,3,6H2,1-2H3,(H,7,8). The van der Waals surface area contributed by atoms with Crippen LogP contribution in [0.15, 0.2) is 0 Å². The van der Waals surface area contributed by atoms with Crippen molar-refractivity contribution in [3.63, 3.8) is 0 Å². The molecular formula is C5H12N2O3. The quantitative estimate of drug-likeness (QED) is 0.232. The predicted molar refractivity (Wildman–Crippen MR) is 34.8 cm³/mol. The van der Waals surface area contributed by atoms with Crippen LogP contribution in [0.2, 0.25) is 0 Å². The van der Waals surface area contributed by atoms with E-state index in [2.05, 4.69) is 4.74 Å². The SMILES string of the molecule is COCOC(C)C(=O)NN. The van der Waals surface area contributed by atoms with E-state index in [1.807, 2.05) is 5.43 Å². The number of nitrogens with one attached hydrogen (secondary N) is 1. The topological polar surface area (TPSA) is 73.6 Å². The molecule has 0 aliphatic rings. The largest absolute Gasteiger partial charge is 0.359 e. The Hall–Kier alpha value is -0.650. The molecule has 0 heterocycles. The van der Waals surface area contributed by atoms with Crippen LogP contribution in [0.3, 0.4) is 0 Å². The lowest BCUT2D eigenvalue weighted by molar-refractivity contribution is -0.139. The smallest absolute Gasteiger partial charge is 0.262 e. The van der Waals surface area contributed by atoms with Crippen molar-refractivity contribution in [2.24, 2.45) is 5.84 Å². The Labute approximate surface area is 59.4 Å². The van der Waals surface area contributed by atoms with Crippen LogP contribution >= 0.6 is 0 Å². The van der Waals surface area contributed by atoms with Gasteiger partial charge < -0.3 is 9.47 Å². The lowest BCUT2D eigenvalue weighted by atomic mass is 10.4. The second-order valence-electron chi connectivity index (χ2n) is 1.72. The van der Waals surface area contributed by atoms with E-state index in [-0.39, 0.29) is 12.7 Å². The van der Waals surface area contributed by atoms with Gasteiger partial charge in [-0.2, -0.15) is 0 Å². The number of hydrogen-bond acceptors (Lipinski definition) is 4. The number of carbonyl (C=O) groups excluding carboxylic acids is 1. The third kappa shape index (κ3) is 3.39. The molecule has 5 nitrogen and oxygen atoms in total. The maximum Gasteiger partial charge on any atom is 0.262 e. The molecule has 0 aromatic rings. The van der Waals surface area contributed by atoms with Crippen LogP contribution in [-0.4, -0.2) is 25.9 Å². The monoisotopic (exact) mass is 148 g/mol. The number of methoxy groups -OCH3 is 1. The average Bonchev–Trinajstić information content (AvgIpc) is 1.98. The van der Waals surface area contributed by atoms with Crippen LogP contribution in [0, 0.1) is 0 Å². The summed E-state index contributed by atoms with van der Waals surface area (Å²) < 4.78 is 9.39. The van der Waals surface area contributed by atoms with Crippen molar-refractivity contribution in [1.29, 1.82) is 0 Å². The second-order valence-corrected chi connectivity index (χ2v) is 1.72. The van der Waals surface area contributed by atoms with Crippen molar-refractivity contribution in [2.45, 2.75) is 13.0 Å². The number of amides is 1. The number of rotatable bonds is 4. The van der Waals surface area contributed by atoms with Crippen LogP contribution in [-0.2, 0) is 14.3 Å². The summed E-state index contributed by atoms with van der Waals surface area (Å²) in [6, 6.07) is 0. The zero-order chi connectivity index (χ0) is 7.98. The molecule has 60 valence electrons. The number of nitrogens with two attached hydrogens (primary N) is 1. The molecule has 0 saturated heterocycles. The molecule has 0 saturated carbocycles. The Balaban J connectivity index is 3.41. The Morgan fingerprint density at radius 2 is 2.40 bits per heavy atom. The highest BCUT2D eigenvalue weighted by Gasteiger charge is 2.09. The lowest BCUT2D eigenvalue weighted by Gasteiger charge is -2.09. The van der Waals surface area contributed by atoms with Crippen LogP contribution in [0.5, 0.6) is 0 Å². The van der Waals surface area contributed by atoms with Gasteiger partial charge in [0.15, 0.2) is 0 Å². The average molecular weight is 148 g/mol. The van der Waals surface area contributed by atoms with Gasteiger partial charge in [-0.1, -0.05) is 0 Å². The maximum atomic E-state index is 10.6. The minimum absolute atomic E-state index is 0.0919. The predicted octanol–water partition coefficient (Wildman–Crippen LogP) is -1.01. The summed E-state index contributed by atoms with van der Waals surface area (Å²) in [5, 5.41) is 0. The molecule has 1 unspecified atom stereocenters. The zero-order valence-electron chi connectivity index (χ0n) is 6.09. The van der Waals surface area contributed by atoms with E-state index in [4.69, 9.17) is 10.6 Å². The minimum atomic E-state index is -0.565. The Morgan fingerprint density at radius 1 is 1.80 bits per heavy atom. The van der Waals surface area contributed by atoms with E-state index >= 15 is 0 Å². The highest BCUT2D eigenvalue weighted by Crippen LogP contribution is 1.88. The first-order valence-electron chi connectivity index (χ1n) is 2.83. The van der Waals surface area contributed by atoms with Crippen LogP contribution in [0.4, 0.5) is 0 Å². The maximum absolute atomic E-state index is 10.6. The minimum Gasteiger partial charge on any atom is -0.359 e. The highest BCUT2D eigenvalue weighted by atomic mass is 16.7. The van der Waals surface area contributed by atoms with E-state index in [9.17, 15) is 4.79 Å². The fourth-order valence-corrected chi connectivity index (χ4v) is 0.363. The molecule has 0 aliphatic heterocycles. The molecular weight excluding hydrogens is 136 g/mol. The van der Waals surface area contributed by atoms with Crippen LogP contribution < -0.4 is 11.3 Å². The zero-order valence-corrected chi connectivity index (χ0v) is 6.09. The van der Waals surface area contributed by atoms with Gasteiger partial charge in [0.2, 0.25) is 0 Å². The van der Waals surface area contributed by atoms with Crippen molar-refractivity contribution in [2.75, 3.05) is 13.9 Å². The van der Waals surface area contributed by atoms with E-state index in [0.717, 1.165) is 0 Å². The van der Waals surface area contributed by atoms with Gasteiger partial charge >= 0.3 is 0 Å². The summed E-state index contributed by atoms with van der Waals surface area (Å²) in [5.74, 6) is 4.46. The Kier molecular flexibility index (Phi) is 4.82. The summed E-state index contributed by atoms with van der Waals surface area (Å²) in [6.45, 7) is 1.68. The third-order valence-electron chi connectivity index (χ3n) is 0.947. The summed E-state index contributed by atoms with van der Waals surface area (Å²) in [7, 11) is 1.48. The fraction of sp³-hybridized carbons (Fsp3) is 0.800. The van der Waals surface area contributed by atoms with Gasteiger partial charge in [0, 0.05) is 7.11 Å². The first-order valence-corrected chi connectivity index (χ1v) is 2.83. The van der Waals surface area contributed by atoms with Crippen molar-refractivity contribution in [3.05, 3.63) is 0 Å². The van der Waals surface area contributed by atoms with Crippen molar-refractivity contribution >= 4 is 5.91 Å². The number of carbonyl (C=O) groups is 1. The van der Waals surface area contributed by atoms with E-state index in [1.54, 1.807) is 6.92 Å². The molecule has 3 N–H and O–H groups in total. The van der Waals surface area contributed by atoms with Gasteiger partial charge in [-0.25, -0.2) is 5.84 Å². The molecule has 1 amide bonds. The molecule has 0 bridgehead atoms. The van der Waals surface area contributed by atoms with Crippen molar-refractivity contribution in [3.8, 4) is 0 Å². The molecule has 0 aromatic heterocycles. The number of ether oxygens (including phenoxy) is 2. The highest BCUT2D eigenvalue weighted by molar-refractivity contribution is 5.79. The normalized spacial score (nSPS) is 12.7. The molecule has 0 radical (unpaired) electrons. The van der Waals surface area contributed by atoms with Crippen LogP contribution in [0.1, 0.15) is 6.92 Å². The molecule has 0 aliphatic carbocycles. The van der Waals surface area contributed by atoms with Gasteiger partial charge in [-0.3, -0.25) is 10.2 Å². The van der Waals surface area contributed by atoms with Crippen LogP contribution in [0.25, 0.3) is 0 Å². The molecule has 0 rings (SSSR count). The van der Waals surface area contributed by atoms with Gasteiger partial charge in [-0.15, -0.1) is 0 Å². The summed E-state index contributed by atoms with van der Waals surface area (Å²) >= 11 is 0. The first-order chi connectivity index (χ1) is 4.72. The van der Waals surface area contributed by atoms with E-state index in [0.29, 0.717) is 0 Å². The van der Waals surface area contributed by atoms with Gasteiger partial charge in [0.25, 0.3) is 5.91 Å².